The maximum Gasteiger partial charge on any atom is 0.333 e. The van der Waals surface area contributed by atoms with Crippen LogP contribution in [0.2, 0.25) is 0 Å². The lowest BCUT2D eigenvalue weighted by Gasteiger charge is -2.15. The molecule has 1 aliphatic carbocycles. The summed E-state index contributed by atoms with van der Waals surface area (Å²) in [6, 6.07) is 7.77. The molecule has 0 radical (unpaired) electrons. The zero-order chi connectivity index (χ0) is 20.9. The van der Waals surface area contributed by atoms with E-state index in [2.05, 4.69) is 53.4 Å². The lowest BCUT2D eigenvalue weighted by molar-refractivity contribution is -0.110. The van der Waals surface area contributed by atoms with Gasteiger partial charge >= 0.3 is 6.03 Å². The van der Waals surface area contributed by atoms with E-state index in [-0.39, 0.29) is 0 Å². The van der Waals surface area contributed by atoms with Gasteiger partial charge in [0.25, 0.3) is 0 Å². The monoisotopic (exact) mass is 400 g/mol. The molecule has 2 atom stereocenters. The van der Waals surface area contributed by atoms with Crippen LogP contribution >= 0.6 is 0 Å². The number of rotatable bonds is 4. The Hall–Kier alpha value is -3.42. The predicted octanol–water partition coefficient (Wildman–Crippen LogP) is 2.38. The van der Waals surface area contributed by atoms with Crippen molar-refractivity contribution in [1.29, 1.82) is 0 Å². The van der Waals surface area contributed by atoms with Gasteiger partial charge in [0.15, 0.2) is 11.5 Å². The zero-order valence-electron chi connectivity index (χ0n) is 16.7. The Bertz CT molecular complexity index is 738. The quantitative estimate of drug-likeness (QED) is 0.459. The largest absolute Gasteiger partial charge is 0.454 e. The molecule has 1 aromatic carbocycles. The van der Waals surface area contributed by atoms with Crippen molar-refractivity contribution in [3.63, 3.8) is 0 Å². The number of urea groups is 1. The lowest BCUT2D eigenvalue weighted by Crippen LogP contribution is -2.43. The number of hydrogen-bond donors (Lipinski definition) is 4. The standard InChI is InChI=1S/C9H11N.C7H6O2.C5H11N3O2/c1-7-6-8-4-2-3-5-9(8)10-7;1-2-4-7-6(3-1)8-5-9-7;1-2-3-6-5(10)8-7-4-9/h2-6,8-10H,1H3;1-4H,5H2;4H,2-3H2,1H3,(H,7,9)(H2,6,8,10). The molecule has 3 aliphatic rings. The van der Waals surface area contributed by atoms with Crippen LogP contribution in [0, 0.1) is 5.92 Å². The van der Waals surface area contributed by atoms with Crippen molar-refractivity contribution in [2.75, 3.05) is 13.3 Å². The van der Waals surface area contributed by atoms with E-state index < -0.39 is 6.03 Å². The predicted molar refractivity (Wildman–Crippen MR) is 111 cm³/mol. The minimum atomic E-state index is -0.394. The number of ether oxygens (including phenoxy) is 2. The van der Waals surface area contributed by atoms with Crippen molar-refractivity contribution >= 4 is 12.4 Å². The van der Waals surface area contributed by atoms with Gasteiger partial charge in [-0.05, 0) is 25.5 Å². The van der Waals surface area contributed by atoms with Crippen LogP contribution in [0.1, 0.15) is 20.3 Å². The maximum atomic E-state index is 10.5. The van der Waals surface area contributed by atoms with Crippen LogP contribution < -0.4 is 31.0 Å². The minimum absolute atomic E-state index is 0.360. The van der Waals surface area contributed by atoms with Gasteiger partial charge in [-0.15, -0.1) is 0 Å². The van der Waals surface area contributed by atoms with E-state index in [9.17, 15) is 9.59 Å². The van der Waals surface area contributed by atoms with Gasteiger partial charge in [-0.2, -0.15) is 0 Å². The molecule has 4 rings (SSSR count). The van der Waals surface area contributed by atoms with Crippen LogP contribution in [-0.4, -0.2) is 31.8 Å². The first-order chi connectivity index (χ1) is 14.1. The van der Waals surface area contributed by atoms with E-state index in [0.29, 0.717) is 31.7 Å². The normalized spacial score (nSPS) is 19.2. The summed E-state index contributed by atoms with van der Waals surface area (Å²) in [4.78, 5) is 20.1. The summed E-state index contributed by atoms with van der Waals surface area (Å²) < 4.78 is 10.2. The molecule has 0 fully saturated rings. The molecule has 4 N–H and O–H groups in total. The molecular weight excluding hydrogens is 372 g/mol. The maximum absolute atomic E-state index is 10.5. The third-order valence-corrected chi connectivity index (χ3v) is 4.07. The van der Waals surface area contributed by atoms with Crippen molar-refractivity contribution in [3.05, 3.63) is 60.3 Å². The Balaban J connectivity index is 0.000000155. The van der Waals surface area contributed by atoms with Gasteiger partial charge in [-0.3, -0.25) is 10.2 Å². The molecule has 0 aromatic heterocycles. The summed E-state index contributed by atoms with van der Waals surface area (Å²) in [7, 11) is 0. The summed E-state index contributed by atoms with van der Waals surface area (Å²) in [5.74, 6) is 2.29. The van der Waals surface area contributed by atoms with Gasteiger partial charge in [0.2, 0.25) is 13.2 Å². The average molecular weight is 400 g/mol. The van der Waals surface area contributed by atoms with Gasteiger partial charge in [0, 0.05) is 18.2 Å². The Morgan fingerprint density at radius 1 is 1.21 bits per heavy atom. The summed E-state index contributed by atoms with van der Waals surface area (Å²) >= 11 is 0. The Labute approximate surface area is 171 Å². The zero-order valence-corrected chi connectivity index (χ0v) is 16.7. The molecule has 8 nitrogen and oxygen atoms in total. The van der Waals surface area contributed by atoms with Crippen LogP contribution in [0.15, 0.2) is 60.3 Å². The average Bonchev–Trinajstić information content (AvgIpc) is 3.36. The third kappa shape index (κ3) is 7.61. The number of amides is 3. The molecule has 8 heteroatoms. The van der Waals surface area contributed by atoms with Crippen molar-refractivity contribution in [1.82, 2.24) is 21.5 Å². The van der Waals surface area contributed by atoms with Crippen molar-refractivity contribution < 1.29 is 19.1 Å². The fraction of sp³-hybridized carbons (Fsp3) is 0.333. The topological polar surface area (TPSA) is 101 Å². The highest BCUT2D eigenvalue weighted by Crippen LogP contribution is 2.30. The molecule has 2 unspecified atom stereocenters. The molecule has 2 aliphatic heterocycles. The second-order valence-electron chi connectivity index (χ2n) is 6.36. The summed E-state index contributed by atoms with van der Waals surface area (Å²) in [5.41, 5.74) is 5.41. The fourth-order valence-corrected chi connectivity index (χ4v) is 2.75. The number of allylic oxidation sites excluding steroid dienone is 3. The number of benzene rings is 1. The highest BCUT2D eigenvalue weighted by atomic mass is 16.7. The molecule has 2 heterocycles. The first-order valence-corrected chi connectivity index (χ1v) is 9.51. The molecule has 0 bridgehead atoms. The number of nitrogens with one attached hydrogen (secondary N) is 4. The van der Waals surface area contributed by atoms with Crippen molar-refractivity contribution in [2.45, 2.75) is 26.3 Å². The Morgan fingerprint density at radius 3 is 2.52 bits per heavy atom. The van der Waals surface area contributed by atoms with E-state index in [1.165, 1.54) is 5.70 Å². The van der Waals surface area contributed by atoms with Gasteiger partial charge in [-0.25, -0.2) is 10.2 Å². The van der Waals surface area contributed by atoms with E-state index >= 15 is 0 Å². The lowest BCUT2D eigenvalue weighted by atomic mass is 9.98. The van der Waals surface area contributed by atoms with Crippen LogP contribution in [0.4, 0.5) is 4.79 Å². The molecule has 29 heavy (non-hydrogen) atoms. The van der Waals surface area contributed by atoms with E-state index in [1.807, 2.05) is 36.6 Å². The van der Waals surface area contributed by atoms with Gasteiger partial charge in [0.1, 0.15) is 0 Å². The third-order valence-electron chi connectivity index (χ3n) is 4.07. The summed E-state index contributed by atoms with van der Waals surface area (Å²) in [5, 5.41) is 5.87. The highest BCUT2D eigenvalue weighted by molar-refractivity contribution is 5.74. The van der Waals surface area contributed by atoms with Crippen LogP contribution in [0.3, 0.4) is 0 Å². The summed E-state index contributed by atoms with van der Waals surface area (Å²) in [6.07, 6.45) is 12.2. The van der Waals surface area contributed by atoms with E-state index in [4.69, 9.17) is 9.47 Å². The van der Waals surface area contributed by atoms with E-state index in [0.717, 1.165) is 17.9 Å². The van der Waals surface area contributed by atoms with Crippen LogP contribution in [0.5, 0.6) is 11.5 Å². The van der Waals surface area contributed by atoms with Crippen molar-refractivity contribution in [3.8, 4) is 11.5 Å². The number of hydrogen-bond acceptors (Lipinski definition) is 5. The fourth-order valence-electron chi connectivity index (χ4n) is 2.75. The minimum Gasteiger partial charge on any atom is -0.454 e. The molecule has 1 aromatic rings. The smallest absolute Gasteiger partial charge is 0.333 e. The number of hydrazine groups is 1. The molecule has 0 saturated carbocycles. The second kappa shape index (κ2) is 12.1. The van der Waals surface area contributed by atoms with Gasteiger partial charge in [-0.1, -0.05) is 49.4 Å². The molecular formula is C21H28N4O4. The SMILES string of the molecule is CC1=CC2C=CC=CC2N1.CCCNC(=O)NNC=O.c1ccc2c(c1)OCO2. The number of carbonyl (C=O) groups is 2. The highest BCUT2D eigenvalue weighted by Gasteiger charge is 2.21. The molecule has 0 saturated heterocycles. The first-order valence-electron chi connectivity index (χ1n) is 9.51. The Kier molecular flexibility index (Phi) is 9.14. The van der Waals surface area contributed by atoms with Gasteiger partial charge < -0.3 is 20.1 Å². The van der Waals surface area contributed by atoms with E-state index in [1.54, 1.807) is 0 Å². The van der Waals surface area contributed by atoms with Crippen LogP contribution in [0.25, 0.3) is 0 Å². The van der Waals surface area contributed by atoms with Gasteiger partial charge in [0.05, 0.1) is 6.04 Å². The summed E-state index contributed by atoms with van der Waals surface area (Å²) in [6.45, 7) is 5.01. The molecule has 156 valence electrons. The second-order valence-corrected chi connectivity index (χ2v) is 6.36. The number of para-hydroxylation sites is 2. The first kappa shape index (κ1) is 21.9. The van der Waals surface area contributed by atoms with Crippen molar-refractivity contribution in [2.24, 2.45) is 5.92 Å². The Morgan fingerprint density at radius 2 is 1.90 bits per heavy atom. The molecule has 0 spiro atoms. The molecule has 3 amide bonds. The number of fused-ring (bicyclic) bond motifs is 2. The number of carbonyl (C=O) groups excluding carboxylic acids is 2. The van der Waals surface area contributed by atoms with Crippen LogP contribution in [-0.2, 0) is 4.79 Å².